The summed E-state index contributed by atoms with van der Waals surface area (Å²) in [5.74, 6) is -0.412. The lowest BCUT2D eigenvalue weighted by atomic mass is 9.91. The molecule has 2 rings (SSSR count). The zero-order valence-electron chi connectivity index (χ0n) is 14.2. The number of amides is 1. The van der Waals surface area contributed by atoms with Crippen molar-refractivity contribution in [1.82, 2.24) is 9.88 Å². The molecule has 0 aliphatic carbocycles. The maximum Gasteiger partial charge on any atom is 0.410 e. The van der Waals surface area contributed by atoms with Gasteiger partial charge in [-0.15, -0.1) is 0 Å². The van der Waals surface area contributed by atoms with Crippen molar-refractivity contribution in [3.8, 4) is 11.6 Å². The van der Waals surface area contributed by atoms with Gasteiger partial charge in [-0.1, -0.05) is 0 Å². The Balaban J connectivity index is 1.85. The van der Waals surface area contributed by atoms with Gasteiger partial charge in [-0.3, -0.25) is 0 Å². The van der Waals surface area contributed by atoms with E-state index in [0.29, 0.717) is 31.7 Å². The number of pyridine rings is 1. The lowest BCUT2D eigenvalue weighted by Crippen LogP contribution is -2.50. The molecule has 8 nitrogen and oxygen atoms in total. The topological polar surface area (TPSA) is 115 Å². The van der Waals surface area contributed by atoms with Crippen LogP contribution in [-0.2, 0) is 4.74 Å². The van der Waals surface area contributed by atoms with Gasteiger partial charge in [0.05, 0.1) is 5.60 Å². The second-order valence-corrected chi connectivity index (χ2v) is 7.08. The highest BCUT2D eigenvalue weighted by Gasteiger charge is 2.35. The summed E-state index contributed by atoms with van der Waals surface area (Å²) in [6.07, 6.45) is 0.440. The van der Waals surface area contributed by atoms with Crippen LogP contribution in [0.2, 0.25) is 0 Å². The van der Waals surface area contributed by atoms with Gasteiger partial charge in [-0.2, -0.15) is 4.98 Å². The Labute approximate surface area is 141 Å². The van der Waals surface area contributed by atoms with Gasteiger partial charge in [0.25, 0.3) is 5.88 Å². The number of anilines is 1. The summed E-state index contributed by atoms with van der Waals surface area (Å²) < 4.78 is 5.33. The summed E-state index contributed by atoms with van der Waals surface area (Å²) in [5, 5.41) is 32.1. The fourth-order valence-corrected chi connectivity index (χ4v) is 2.40. The van der Waals surface area contributed by atoms with Crippen molar-refractivity contribution in [3.63, 3.8) is 0 Å². The molecule has 0 radical (unpaired) electrons. The average Bonchev–Trinajstić information content (AvgIpc) is 2.47. The molecule has 0 saturated carbocycles. The first-order chi connectivity index (χ1) is 11.1. The van der Waals surface area contributed by atoms with Crippen LogP contribution in [0.25, 0.3) is 0 Å². The molecule has 0 bridgehead atoms. The van der Waals surface area contributed by atoms with Crippen LogP contribution in [0.3, 0.4) is 0 Å². The van der Waals surface area contributed by atoms with E-state index >= 15 is 0 Å². The Hall–Kier alpha value is -2.22. The maximum atomic E-state index is 12.0. The molecular formula is C16H25N3O5. The molecule has 1 aliphatic rings. The molecule has 8 heteroatoms. The van der Waals surface area contributed by atoms with Crippen molar-refractivity contribution < 1.29 is 24.9 Å². The zero-order chi connectivity index (χ0) is 18.0. The third-order valence-corrected chi connectivity index (χ3v) is 3.80. The number of aromatic nitrogens is 1. The van der Waals surface area contributed by atoms with E-state index in [9.17, 15) is 20.1 Å². The monoisotopic (exact) mass is 339 g/mol. The van der Waals surface area contributed by atoms with Gasteiger partial charge < -0.3 is 30.3 Å². The van der Waals surface area contributed by atoms with Crippen molar-refractivity contribution in [3.05, 3.63) is 12.1 Å². The number of likely N-dealkylation sites (tertiary alicyclic amines) is 1. The Kier molecular flexibility index (Phi) is 5.08. The summed E-state index contributed by atoms with van der Waals surface area (Å²) in [6.45, 7) is 6.48. The van der Waals surface area contributed by atoms with Crippen molar-refractivity contribution in [1.29, 1.82) is 0 Å². The molecule has 1 aliphatic heterocycles. The highest BCUT2D eigenvalue weighted by Crippen LogP contribution is 2.26. The van der Waals surface area contributed by atoms with Gasteiger partial charge in [0.15, 0.2) is 5.75 Å². The molecule has 1 aromatic heterocycles. The van der Waals surface area contributed by atoms with Crippen LogP contribution in [0.15, 0.2) is 12.1 Å². The first-order valence-electron chi connectivity index (χ1n) is 7.91. The van der Waals surface area contributed by atoms with E-state index in [2.05, 4.69) is 10.3 Å². The van der Waals surface area contributed by atoms with Gasteiger partial charge in [-0.25, -0.2) is 4.79 Å². The summed E-state index contributed by atoms with van der Waals surface area (Å²) in [5.41, 5.74) is -1.52. The fraction of sp³-hybridized carbons (Fsp3) is 0.625. The van der Waals surface area contributed by atoms with E-state index in [1.807, 2.05) is 20.8 Å². The van der Waals surface area contributed by atoms with Crippen LogP contribution in [0.1, 0.15) is 33.6 Å². The minimum Gasteiger partial charge on any atom is -0.503 e. The second kappa shape index (κ2) is 6.72. The number of hydrogen-bond acceptors (Lipinski definition) is 7. The summed E-state index contributed by atoms with van der Waals surface area (Å²) in [7, 11) is 0. The highest BCUT2D eigenvalue weighted by molar-refractivity contribution is 5.68. The van der Waals surface area contributed by atoms with Crippen LogP contribution >= 0.6 is 0 Å². The number of carbonyl (C=O) groups is 1. The number of aliphatic hydroxyl groups is 1. The fourth-order valence-electron chi connectivity index (χ4n) is 2.40. The van der Waals surface area contributed by atoms with E-state index in [1.165, 1.54) is 12.1 Å². The Morgan fingerprint density at radius 2 is 1.96 bits per heavy atom. The number of nitrogens with zero attached hydrogens (tertiary/aromatic N) is 2. The molecule has 0 spiro atoms. The smallest absolute Gasteiger partial charge is 0.410 e. The standard InChI is InChI=1S/C16H25N3O5/c1-15(2,3)24-14(22)19-8-6-16(23,7-9-19)10-17-12-5-4-11(20)13(21)18-12/h4-5,20,23H,6-10H2,1-3H3,(H2,17,18,21). The van der Waals surface area contributed by atoms with Crippen molar-refractivity contribution in [2.45, 2.75) is 44.8 Å². The SMILES string of the molecule is CC(C)(C)OC(=O)N1CCC(O)(CNc2ccc(O)c(O)n2)CC1. The van der Waals surface area contributed by atoms with Gasteiger partial charge in [0.2, 0.25) is 0 Å². The quantitative estimate of drug-likeness (QED) is 0.662. The predicted molar refractivity (Wildman–Crippen MR) is 88.0 cm³/mol. The van der Waals surface area contributed by atoms with E-state index < -0.39 is 17.1 Å². The number of nitrogens with one attached hydrogen (secondary N) is 1. The van der Waals surface area contributed by atoms with Crippen LogP contribution in [-0.4, -0.2) is 62.1 Å². The third kappa shape index (κ3) is 4.89. The third-order valence-electron chi connectivity index (χ3n) is 3.80. The van der Waals surface area contributed by atoms with Crippen LogP contribution in [0.4, 0.5) is 10.6 Å². The van der Waals surface area contributed by atoms with Crippen molar-refractivity contribution >= 4 is 11.9 Å². The van der Waals surface area contributed by atoms with Crippen LogP contribution < -0.4 is 5.32 Å². The first-order valence-corrected chi connectivity index (χ1v) is 7.91. The molecule has 1 amide bonds. The molecule has 4 N–H and O–H groups in total. The number of piperidine rings is 1. The van der Waals surface area contributed by atoms with Gasteiger partial charge in [-0.05, 0) is 45.7 Å². The molecule has 1 aromatic rings. The molecular weight excluding hydrogens is 314 g/mol. The number of aromatic hydroxyl groups is 2. The molecule has 0 unspecified atom stereocenters. The van der Waals surface area contributed by atoms with Crippen molar-refractivity contribution in [2.24, 2.45) is 0 Å². The molecule has 0 atom stereocenters. The minimum atomic E-state index is -0.978. The van der Waals surface area contributed by atoms with E-state index in [1.54, 1.807) is 4.90 Å². The second-order valence-electron chi connectivity index (χ2n) is 7.08. The molecule has 24 heavy (non-hydrogen) atoms. The van der Waals surface area contributed by atoms with E-state index in [0.717, 1.165) is 0 Å². The summed E-state index contributed by atoms with van der Waals surface area (Å²) in [4.78, 5) is 17.4. The Morgan fingerprint density at radius 3 is 2.50 bits per heavy atom. The Bertz CT molecular complexity index is 592. The minimum absolute atomic E-state index is 0.229. The van der Waals surface area contributed by atoms with E-state index in [4.69, 9.17) is 4.74 Å². The van der Waals surface area contributed by atoms with Crippen molar-refractivity contribution in [2.75, 3.05) is 25.0 Å². The number of ether oxygens (including phenoxy) is 1. The number of rotatable bonds is 3. The predicted octanol–water partition coefficient (Wildman–Crippen LogP) is 1.67. The van der Waals surface area contributed by atoms with Gasteiger partial charge >= 0.3 is 6.09 Å². The normalized spacial score (nSPS) is 17.4. The number of carbonyl (C=O) groups excluding carboxylic acids is 1. The summed E-state index contributed by atoms with van der Waals surface area (Å²) >= 11 is 0. The lowest BCUT2D eigenvalue weighted by molar-refractivity contribution is -0.0245. The maximum absolute atomic E-state index is 12.0. The summed E-state index contributed by atoms with van der Waals surface area (Å²) in [6, 6.07) is 2.83. The zero-order valence-corrected chi connectivity index (χ0v) is 14.2. The average molecular weight is 339 g/mol. The van der Waals surface area contributed by atoms with Crippen LogP contribution in [0.5, 0.6) is 11.6 Å². The molecule has 0 aromatic carbocycles. The van der Waals surface area contributed by atoms with Crippen LogP contribution in [0, 0.1) is 0 Å². The molecule has 1 fully saturated rings. The number of hydrogen-bond donors (Lipinski definition) is 4. The molecule has 2 heterocycles. The molecule has 134 valence electrons. The Morgan fingerprint density at radius 1 is 1.33 bits per heavy atom. The lowest BCUT2D eigenvalue weighted by Gasteiger charge is -2.38. The molecule has 1 saturated heterocycles. The van der Waals surface area contributed by atoms with Gasteiger partial charge in [0.1, 0.15) is 11.4 Å². The van der Waals surface area contributed by atoms with E-state index in [-0.39, 0.29) is 18.4 Å². The first kappa shape index (κ1) is 18.1. The largest absolute Gasteiger partial charge is 0.503 e. The van der Waals surface area contributed by atoms with Gasteiger partial charge in [0, 0.05) is 19.6 Å². The highest BCUT2D eigenvalue weighted by atomic mass is 16.6.